The standard InChI is InChI=1S/C11H8ClF5OS/c1-5(18)9(12)7-4-6(10(13)14)2-3-8(7)19-11(15,16)17/h2-4,9-10H,1H3. The zero-order valence-corrected chi connectivity index (χ0v) is 11.0. The fraction of sp³-hybridized carbons (Fsp3) is 0.364. The lowest BCUT2D eigenvalue weighted by Crippen LogP contribution is -2.07. The van der Waals surface area contributed by atoms with Crippen LogP contribution in [0.2, 0.25) is 0 Å². The largest absolute Gasteiger partial charge is 0.446 e. The molecule has 1 rings (SSSR count). The van der Waals surface area contributed by atoms with E-state index in [9.17, 15) is 26.7 Å². The molecule has 106 valence electrons. The molecule has 1 aromatic rings. The third-order valence-electron chi connectivity index (χ3n) is 2.14. The van der Waals surface area contributed by atoms with Crippen LogP contribution < -0.4 is 0 Å². The van der Waals surface area contributed by atoms with Crippen LogP contribution in [-0.4, -0.2) is 11.3 Å². The Kier molecular flexibility index (Phi) is 5.20. The summed E-state index contributed by atoms with van der Waals surface area (Å²) in [6.07, 6.45) is -2.85. The number of hydrogen-bond donors (Lipinski definition) is 0. The molecule has 0 aliphatic rings. The Labute approximate surface area is 115 Å². The molecule has 0 saturated heterocycles. The van der Waals surface area contributed by atoms with Crippen LogP contribution in [0.1, 0.15) is 29.9 Å². The highest BCUT2D eigenvalue weighted by Gasteiger charge is 2.32. The lowest BCUT2D eigenvalue weighted by atomic mass is 10.1. The van der Waals surface area contributed by atoms with Gasteiger partial charge in [-0.15, -0.1) is 11.6 Å². The summed E-state index contributed by atoms with van der Waals surface area (Å²) in [6.45, 7) is 1.08. The zero-order valence-electron chi connectivity index (χ0n) is 9.47. The predicted molar refractivity (Wildman–Crippen MR) is 62.6 cm³/mol. The van der Waals surface area contributed by atoms with Crippen molar-refractivity contribution < 1.29 is 26.7 Å². The van der Waals surface area contributed by atoms with E-state index in [1.807, 2.05) is 0 Å². The number of thioether (sulfide) groups is 1. The van der Waals surface area contributed by atoms with Crippen molar-refractivity contribution in [3.8, 4) is 0 Å². The minimum Gasteiger partial charge on any atom is -0.298 e. The summed E-state index contributed by atoms with van der Waals surface area (Å²) in [5.41, 5.74) is -5.32. The van der Waals surface area contributed by atoms with E-state index in [0.717, 1.165) is 25.1 Å². The number of carbonyl (C=O) groups is 1. The van der Waals surface area contributed by atoms with Crippen molar-refractivity contribution in [3.63, 3.8) is 0 Å². The summed E-state index contributed by atoms with van der Waals surface area (Å²) in [7, 11) is 0. The van der Waals surface area contributed by atoms with Crippen LogP contribution in [0.3, 0.4) is 0 Å². The Bertz CT molecular complexity index is 475. The van der Waals surface area contributed by atoms with Crippen LogP contribution in [0.25, 0.3) is 0 Å². The second kappa shape index (κ2) is 6.09. The fourth-order valence-corrected chi connectivity index (χ4v) is 2.26. The molecule has 0 aliphatic carbocycles. The predicted octanol–water partition coefficient (Wildman–Crippen LogP) is 5.11. The highest BCUT2D eigenvalue weighted by molar-refractivity contribution is 8.00. The summed E-state index contributed by atoms with van der Waals surface area (Å²) in [6, 6.07) is 2.61. The van der Waals surface area contributed by atoms with Crippen molar-refractivity contribution in [1.82, 2.24) is 0 Å². The van der Waals surface area contributed by atoms with Crippen LogP contribution in [0.4, 0.5) is 22.0 Å². The van der Waals surface area contributed by atoms with Gasteiger partial charge in [-0.2, -0.15) is 13.2 Å². The number of hydrogen-bond acceptors (Lipinski definition) is 2. The van der Waals surface area contributed by atoms with Gasteiger partial charge in [0, 0.05) is 10.5 Å². The van der Waals surface area contributed by atoms with Crippen LogP contribution in [-0.2, 0) is 4.79 Å². The van der Waals surface area contributed by atoms with Crippen molar-refractivity contribution in [2.24, 2.45) is 0 Å². The molecule has 1 aromatic carbocycles. The molecule has 0 radical (unpaired) electrons. The molecule has 0 fully saturated rings. The average molecular weight is 319 g/mol. The number of halogens is 6. The molecule has 1 atom stereocenters. The monoisotopic (exact) mass is 318 g/mol. The van der Waals surface area contributed by atoms with Crippen molar-refractivity contribution in [3.05, 3.63) is 29.3 Å². The highest BCUT2D eigenvalue weighted by Crippen LogP contribution is 2.42. The SMILES string of the molecule is CC(=O)C(Cl)c1cc(C(F)F)ccc1SC(F)(F)F. The van der Waals surface area contributed by atoms with Crippen molar-refractivity contribution >= 4 is 29.1 Å². The first-order valence-electron chi connectivity index (χ1n) is 4.94. The van der Waals surface area contributed by atoms with Crippen molar-refractivity contribution in [1.29, 1.82) is 0 Å². The second-order valence-corrected chi connectivity index (χ2v) is 5.16. The van der Waals surface area contributed by atoms with E-state index in [-0.39, 0.29) is 10.5 Å². The van der Waals surface area contributed by atoms with E-state index in [1.165, 1.54) is 0 Å². The Morgan fingerprint density at radius 2 is 1.89 bits per heavy atom. The maximum absolute atomic E-state index is 12.5. The first kappa shape index (κ1) is 16.2. The molecule has 0 saturated carbocycles. The molecule has 0 spiro atoms. The van der Waals surface area contributed by atoms with E-state index in [4.69, 9.17) is 11.6 Å². The average Bonchev–Trinajstić information content (AvgIpc) is 2.26. The van der Waals surface area contributed by atoms with Gasteiger partial charge in [0.15, 0.2) is 5.78 Å². The molecule has 0 heterocycles. The van der Waals surface area contributed by atoms with Crippen molar-refractivity contribution in [2.45, 2.75) is 29.1 Å². The summed E-state index contributed by atoms with van der Waals surface area (Å²) >= 11 is 5.19. The van der Waals surface area contributed by atoms with E-state index >= 15 is 0 Å². The first-order chi connectivity index (χ1) is 8.61. The molecular formula is C11H8ClF5OS. The third-order valence-corrected chi connectivity index (χ3v) is 3.51. The van der Waals surface area contributed by atoms with E-state index in [1.54, 1.807) is 0 Å². The maximum Gasteiger partial charge on any atom is 0.446 e. The number of benzene rings is 1. The topological polar surface area (TPSA) is 17.1 Å². The summed E-state index contributed by atoms with van der Waals surface area (Å²) in [5.74, 6) is -0.614. The van der Waals surface area contributed by atoms with Crippen LogP contribution in [0.5, 0.6) is 0 Å². The number of ketones is 1. The van der Waals surface area contributed by atoms with Gasteiger partial charge in [0.25, 0.3) is 6.43 Å². The Hall–Kier alpha value is -0.820. The fourth-order valence-electron chi connectivity index (χ4n) is 1.34. The molecule has 1 nitrogen and oxygen atoms in total. The maximum atomic E-state index is 12.5. The van der Waals surface area contributed by atoms with Crippen LogP contribution in [0.15, 0.2) is 23.1 Å². The molecule has 0 bridgehead atoms. The van der Waals surface area contributed by atoms with Crippen molar-refractivity contribution in [2.75, 3.05) is 0 Å². The molecule has 0 amide bonds. The third kappa shape index (κ3) is 4.65. The lowest BCUT2D eigenvalue weighted by molar-refractivity contribution is -0.116. The van der Waals surface area contributed by atoms with Gasteiger partial charge in [0.2, 0.25) is 0 Å². The summed E-state index contributed by atoms with van der Waals surface area (Å²) < 4.78 is 62.0. The quantitative estimate of drug-likeness (QED) is 0.436. The van der Waals surface area contributed by atoms with Crippen LogP contribution >= 0.6 is 23.4 Å². The molecule has 1 unspecified atom stereocenters. The van der Waals surface area contributed by atoms with Gasteiger partial charge in [0.05, 0.1) is 0 Å². The smallest absolute Gasteiger partial charge is 0.298 e. The summed E-state index contributed by atoms with van der Waals surface area (Å²) in [5, 5.41) is -1.39. The summed E-state index contributed by atoms with van der Waals surface area (Å²) in [4.78, 5) is 10.8. The first-order valence-corrected chi connectivity index (χ1v) is 6.19. The second-order valence-electron chi connectivity index (χ2n) is 3.62. The van der Waals surface area contributed by atoms with Gasteiger partial charge in [-0.25, -0.2) is 8.78 Å². The molecule has 0 aromatic heterocycles. The number of carbonyl (C=O) groups excluding carboxylic acids is 1. The zero-order chi connectivity index (χ0) is 14.8. The van der Waals surface area contributed by atoms with E-state index < -0.39 is 40.4 Å². The molecule has 19 heavy (non-hydrogen) atoms. The molecule has 8 heteroatoms. The van der Waals surface area contributed by atoms with Gasteiger partial charge < -0.3 is 0 Å². The normalized spacial score (nSPS) is 13.7. The van der Waals surface area contributed by atoms with Gasteiger partial charge in [0.1, 0.15) is 5.38 Å². The molecule has 0 aliphatic heterocycles. The lowest BCUT2D eigenvalue weighted by Gasteiger charge is -2.15. The minimum absolute atomic E-state index is 0.255. The Balaban J connectivity index is 3.26. The van der Waals surface area contributed by atoms with E-state index in [0.29, 0.717) is 0 Å². The van der Waals surface area contributed by atoms with Gasteiger partial charge in [-0.1, -0.05) is 6.07 Å². The van der Waals surface area contributed by atoms with Crippen LogP contribution in [0, 0.1) is 0 Å². The van der Waals surface area contributed by atoms with Gasteiger partial charge in [-0.05, 0) is 36.4 Å². The Morgan fingerprint density at radius 3 is 2.32 bits per heavy atom. The highest BCUT2D eigenvalue weighted by atomic mass is 35.5. The number of Topliss-reactive ketones (excluding diaryl/α,β-unsaturated/α-hetero) is 1. The molecule has 0 N–H and O–H groups in total. The number of rotatable bonds is 4. The molecular weight excluding hydrogens is 311 g/mol. The minimum atomic E-state index is -4.59. The Morgan fingerprint density at radius 1 is 1.32 bits per heavy atom. The van der Waals surface area contributed by atoms with Gasteiger partial charge in [-0.3, -0.25) is 4.79 Å². The number of alkyl halides is 6. The van der Waals surface area contributed by atoms with Gasteiger partial charge >= 0.3 is 5.51 Å². The van der Waals surface area contributed by atoms with E-state index in [2.05, 4.69) is 0 Å².